The Kier molecular flexibility index (Phi) is 4.57. The van der Waals surface area contributed by atoms with Crippen molar-refractivity contribution in [3.63, 3.8) is 0 Å². The van der Waals surface area contributed by atoms with E-state index in [9.17, 15) is 14.4 Å². The highest BCUT2D eigenvalue weighted by molar-refractivity contribution is 6.09. The zero-order valence-corrected chi connectivity index (χ0v) is 13.6. The van der Waals surface area contributed by atoms with E-state index in [1.807, 2.05) is 0 Å². The maximum atomic E-state index is 12.6. The summed E-state index contributed by atoms with van der Waals surface area (Å²) in [5, 5.41) is 5.72. The average molecular weight is 323 g/mol. The van der Waals surface area contributed by atoms with Gasteiger partial charge in [0.1, 0.15) is 12.1 Å². The maximum Gasteiger partial charge on any atom is 0.325 e. The average Bonchev–Trinajstić information content (AvgIpc) is 2.75. The molecule has 128 valence electrons. The van der Waals surface area contributed by atoms with Gasteiger partial charge in [0.2, 0.25) is 5.91 Å². The minimum atomic E-state index is -0.865. The normalized spacial score (nSPS) is 30.4. The van der Waals surface area contributed by atoms with E-state index in [-0.39, 0.29) is 24.4 Å². The number of carbonyl (C=O) groups excluding carboxylic acids is 3. The van der Waals surface area contributed by atoms with Gasteiger partial charge in [-0.2, -0.15) is 0 Å². The van der Waals surface area contributed by atoms with E-state index < -0.39 is 11.6 Å². The van der Waals surface area contributed by atoms with E-state index >= 15 is 0 Å². The van der Waals surface area contributed by atoms with Crippen LogP contribution in [0.2, 0.25) is 0 Å². The molecule has 4 amide bonds. The minimum Gasteiger partial charge on any atom is -0.381 e. The van der Waals surface area contributed by atoms with E-state index in [2.05, 4.69) is 17.6 Å². The smallest absolute Gasteiger partial charge is 0.325 e. The lowest BCUT2D eigenvalue weighted by atomic mass is 9.87. The molecule has 3 fully saturated rings. The summed E-state index contributed by atoms with van der Waals surface area (Å²) in [5.41, 5.74) is -0.865. The fourth-order valence-corrected chi connectivity index (χ4v) is 3.70. The summed E-state index contributed by atoms with van der Waals surface area (Å²) >= 11 is 0. The molecular weight excluding hydrogens is 298 g/mol. The van der Waals surface area contributed by atoms with E-state index in [1.165, 1.54) is 0 Å². The van der Waals surface area contributed by atoms with Crippen LogP contribution in [0.4, 0.5) is 4.79 Å². The molecule has 2 saturated heterocycles. The fourth-order valence-electron chi connectivity index (χ4n) is 3.70. The molecule has 0 unspecified atom stereocenters. The third-order valence-electron chi connectivity index (χ3n) is 5.27. The van der Waals surface area contributed by atoms with Crippen LogP contribution >= 0.6 is 0 Å². The van der Waals surface area contributed by atoms with Crippen LogP contribution < -0.4 is 10.6 Å². The maximum absolute atomic E-state index is 12.6. The molecular formula is C16H25N3O4. The number of hydrogen-bond donors (Lipinski definition) is 2. The Morgan fingerprint density at radius 2 is 1.91 bits per heavy atom. The highest BCUT2D eigenvalue weighted by Crippen LogP contribution is 2.28. The molecule has 2 heterocycles. The summed E-state index contributed by atoms with van der Waals surface area (Å²) in [5.74, 6) is 0.165. The second-order valence-corrected chi connectivity index (χ2v) is 7.04. The molecule has 7 heteroatoms. The molecule has 2 N–H and O–H groups in total. The number of nitrogens with zero attached hydrogens (tertiary/aromatic N) is 1. The minimum absolute atomic E-state index is 0.163. The van der Waals surface area contributed by atoms with Crippen molar-refractivity contribution in [3.8, 4) is 0 Å². The Bertz CT molecular complexity index is 494. The third kappa shape index (κ3) is 3.34. The van der Waals surface area contributed by atoms with Crippen molar-refractivity contribution in [2.45, 2.75) is 57.0 Å². The summed E-state index contributed by atoms with van der Waals surface area (Å²) < 4.78 is 5.26. The van der Waals surface area contributed by atoms with Gasteiger partial charge in [0.05, 0.1) is 0 Å². The Morgan fingerprint density at radius 1 is 1.26 bits per heavy atom. The summed E-state index contributed by atoms with van der Waals surface area (Å²) in [4.78, 5) is 37.9. The Hall–Kier alpha value is -1.63. The van der Waals surface area contributed by atoms with E-state index in [0.29, 0.717) is 32.0 Å². The van der Waals surface area contributed by atoms with Crippen LogP contribution in [0.3, 0.4) is 0 Å². The second kappa shape index (κ2) is 6.47. The van der Waals surface area contributed by atoms with E-state index in [1.54, 1.807) is 0 Å². The van der Waals surface area contributed by atoms with Gasteiger partial charge in [0.25, 0.3) is 5.91 Å². The molecule has 0 aromatic rings. The number of imide groups is 1. The number of hydrogen-bond acceptors (Lipinski definition) is 4. The quantitative estimate of drug-likeness (QED) is 0.752. The van der Waals surface area contributed by atoms with Gasteiger partial charge in [-0.25, -0.2) is 4.79 Å². The summed E-state index contributed by atoms with van der Waals surface area (Å²) in [6.45, 7) is 2.93. The van der Waals surface area contributed by atoms with Gasteiger partial charge >= 0.3 is 6.03 Å². The SMILES string of the molecule is CC1CCC(NC(=O)CN2C(=O)NC3(CCOCC3)C2=O)CC1. The zero-order chi connectivity index (χ0) is 16.4. The van der Waals surface area contributed by atoms with E-state index in [0.717, 1.165) is 30.6 Å². The first-order chi connectivity index (χ1) is 11.0. The predicted octanol–water partition coefficient (Wildman–Crippen LogP) is 0.782. The van der Waals surface area contributed by atoms with Crippen LogP contribution in [0.1, 0.15) is 45.4 Å². The summed E-state index contributed by atoms with van der Waals surface area (Å²) in [6.07, 6.45) is 5.09. The van der Waals surface area contributed by atoms with Crippen molar-refractivity contribution in [1.82, 2.24) is 15.5 Å². The lowest BCUT2D eigenvalue weighted by molar-refractivity contribution is -0.137. The van der Waals surface area contributed by atoms with Crippen LogP contribution in [0.15, 0.2) is 0 Å². The molecule has 0 bridgehead atoms. The number of carbonyl (C=O) groups is 3. The summed E-state index contributed by atoms with van der Waals surface area (Å²) in [7, 11) is 0. The zero-order valence-electron chi connectivity index (χ0n) is 13.6. The molecule has 3 aliphatic rings. The molecule has 1 saturated carbocycles. The predicted molar refractivity (Wildman–Crippen MR) is 82.6 cm³/mol. The van der Waals surface area contributed by atoms with Gasteiger partial charge in [-0.15, -0.1) is 0 Å². The number of nitrogens with one attached hydrogen (secondary N) is 2. The Balaban J connectivity index is 1.56. The van der Waals surface area contributed by atoms with Gasteiger partial charge in [-0.1, -0.05) is 6.92 Å². The first kappa shape index (κ1) is 16.2. The monoisotopic (exact) mass is 323 g/mol. The standard InChI is InChI=1S/C16H25N3O4/c1-11-2-4-12(5-3-11)17-13(20)10-19-14(21)16(18-15(19)22)6-8-23-9-7-16/h11-12H,2-10H2,1H3,(H,17,20)(H,18,22). The topological polar surface area (TPSA) is 87.7 Å². The van der Waals surface area contributed by atoms with Crippen LogP contribution in [0, 0.1) is 5.92 Å². The molecule has 1 aliphatic carbocycles. The molecule has 0 aromatic heterocycles. The first-order valence-corrected chi connectivity index (χ1v) is 8.51. The second-order valence-electron chi connectivity index (χ2n) is 7.04. The Morgan fingerprint density at radius 3 is 2.57 bits per heavy atom. The number of urea groups is 1. The van der Waals surface area contributed by atoms with Crippen LogP contribution in [-0.2, 0) is 14.3 Å². The van der Waals surface area contributed by atoms with Crippen molar-refractivity contribution >= 4 is 17.8 Å². The van der Waals surface area contributed by atoms with Crippen molar-refractivity contribution in [2.24, 2.45) is 5.92 Å². The molecule has 2 aliphatic heterocycles. The molecule has 7 nitrogen and oxygen atoms in total. The molecule has 0 radical (unpaired) electrons. The number of amides is 4. The van der Waals surface area contributed by atoms with Crippen molar-refractivity contribution < 1.29 is 19.1 Å². The number of ether oxygens (including phenoxy) is 1. The van der Waals surface area contributed by atoms with Gasteiger partial charge in [-0.3, -0.25) is 14.5 Å². The van der Waals surface area contributed by atoms with Gasteiger partial charge in [0, 0.05) is 32.1 Å². The lowest BCUT2D eigenvalue weighted by Crippen LogP contribution is -2.51. The molecule has 0 atom stereocenters. The van der Waals surface area contributed by atoms with Crippen LogP contribution in [0.5, 0.6) is 0 Å². The number of rotatable bonds is 3. The van der Waals surface area contributed by atoms with Crippen LogP contribution in [0.25, 0.3) is 0 Å². The molecule has 1 spiro atoms. The largest absolute Gasteiger partial charge is 0.381 e. The van der Waals surface area contributed by atoms with Gasteiger partial charge in [-0.05, 0) is 31.6 Å². The summed E-state index contributed by atoms with van der Waals surface area (Å²) in [6, 6.07) is -0.305. The molecule has 0 aromatic carbocycles. The van der Waals surface area contributed by atoms with Gasteiger partial charge in [0.15, 0.2) is 0 Å². The van der Waals surface area contributed by atoms with Crippen molar-refractivity contribution in [3.05, 3.63) is 0 Å². The molecule has 23 heavy (non-hydrogen) atoms. The Labute approximate surface area is 136 Å². The molecule has 3 rings (SSSR count). The van der Waals surface area contributed by atoms with Gasteiger partial charge < -0.3 is 15.4 Å². The lowest BCUT2D eigenvalue weighted by Gasteiger charge is -2.30. The van der Waals surface area contributed by atoms with Crippen molar-refractivity contribution in [2.75, 3.05) is 19.8 Å². The first-order valence-electron chi connectivity index (χ1n) is 8.51. The highest BCUT2D eigenvalue weighted by Gasteiger charge is 2.52. The van der Waals surface area contributed by atoms with Crippen LogP contribution in [-0.4, -0.2) is 54.1 Å². The van der Waals surface area contributed by atoms with E-state index in [4.69, 9.17) is 4.74 Å². The van der Waals surface area contributed by atoms with Crippen molar-refractivity contribution in [1.29, 1.82) is 0 Å². The highest BCUT2D eigenvalue weighted by atomic mass is 16.5. The fraction of sp³-hybridized carbons (Fsp3) is 0.812. The third-order valence-corrected chi connectivity index (χ3v) is 5.27.